The van der Waals surface area contributed by atoms with Gasteiger partial charge in [0.2, 0.25) is 0 Å². The van der Waals surface area contributed by atoms with Crippen LogP contribution < -0.4 is 5.32 Å². The second kappa shape index (κ2) is 5.54. The highest BCUT2D eigenvalue weighted by molar-refractivity contribution is 9.10. The van der Waals surface area contributed by atoms with Crippen molar-refractivity contribution < 1.29 is 22.6 Å². The summed E-state index contributed by atoms with van der Waals surface area (Å²) in [7, 11) is 0. The quantitative estimate of drug-likeness (QED) is 0.870. The Morgan fingerprint density at radius 1 is 1.25 bits per heavy atom. The molecule has 112 valence electrons. The van der Waals surface area contributed by atoms with E-state index in [0.29, 0.717) is 18.9 Å². The largest absolute Gasteiger partial charge is 0.417 e. The predicted molar refractivity (Wildman–Crippen MR) is 72.5 cm³/mol. The van der Waals surface area contributed by atoms with Crippen molar-refractivity contribution >= 4 is 21.6 Å². The van der Waals surface area contributed by atoms with Crippen LogP contribution in [0.1, 0.15) is 19.4 Å². The first-order valence-corrected chi connectivity index (χ1v) is 6.88. The third-order valence-electron chi connectivity index (χ3n) is 2.91. The highest BCUT2D eigenvalue weighted by atomic mass is 79.9. The van der Waals surface area contributed by atoms with Crippen molar-refractivity contribution in [3.8, 4) is 0 Å². The van der Waals surface area contributed by atoms with Crippen LogP contribution >= 0.6 is 15.9 Å². The maximum absolute atomic E-state index is 12.8. The Labute approximate surface area is 123 Å². The predicted octanol–water partition coefficient (Wildman–Crippen LogP) is 4.03. The normalized spacial score (nSPS) is 19.9. The standard InChI is InChI=1S/C13H15BrF3NO2/c1-12(2)19-6-9(7-20-12)18-8-3-4-11(14)10(5-8)13(15,16)17/h3-5,9,18H,6-7H2,1-2H3. The van der Waals surface area contributed by atoms with Crippen molar-refractivity contribution in [2.24, 2.45) is 0 Å². The second-order valence-corrected chi connectivity index (χ2v) is 5.91. The van der Waals surface area contributed by atoms with Gasteiger partial charge in [0.25, 0.3) is 0 Å². The van der Waals surface area contributed by atoms with Crippen molar-refractivity contribution in [1.82, 2.24) is 0 Å². The number of halogens is 4. The molecule has 0 amide bonds. The molecule has 1 aliphatic heterocycles. The summed E-state index contributed by atoms with van der Waals surface area (Å²) in [6, 6.07) is 3.85. The fourth-order valence-electron chi connectivity index (χ4n) is 1.84. The van der Waals surface area contributed by atoms with Crippen LogP contribution in [0.5, 0.6) is 0 Å². The molecule has 7 heteroatoms. The molecular formula is C13H15BrF3NO2. The lowest BCUT2D eigenvalue weighted by Gasteiger charge is -2.35. The Hall–Kier alpha value is -0.790. The van der Waals surface area contributed by atoms with E-state index in [2.05, 4.69) is 21.2 Å². The van der Waals surface area contributed by atoms with E-state index in [1.54, 1.807) is 19.9 Å². The van der Waals surface area contributed by atoms with E-state index in [9.17, 15) is 13.2 Å². The lowest BCUT2D eigenvalue weighted by Crippen LogP contribution is -2.45. The van der Waals surface area contributed by atoms with Crippen molar-refractivity contribution in [1.29, 1.82) is 0 Å². The van der Waals surface area contributed by atoms with E-state index in [-0.39, 0.29) is 10.5 Å². The topological polar surface area (TPSA) is 30.5 Å². The van der Waals surface area contributed by atoms with Gasteiger partial charge >= 0.3 is 6.18 Å². The molecule has 0 spiro atoms. The third kappa shape index (κ3) is 3.86. The summed E-state index contributed by atoms with van der Waals surface area (Å²) in [5, 5.41) is 2.99. The van der Waals surface area contributed by atoms with Crippen molar-refractivity contribution in [3.05, 3.63) is 28.2 Å². The maximum atomic E-state index is 12.8. The highest BCUT2D eigenvalue weighted by Gasteiger charge is 2.33. The molecule has 20 heavy (non-hydrogen) atoms. The lowest BCUT2D eigenvalue weighted by molar-refractivity contribution is -0.247. The molecule has 0 atom stereocenters. The number of nitrogens with one attached hydrogen (secondary N) is 1. The van der Waals surface area contributed by atoms with E-state index in [0.717, 1.165) is 6.07 Å². The molecule has 1 N–H and O–H groups in total. The fourth-order valence-corrected chi connectivity index (χ4v) is 2.32. The molecule has 0 aliphatic carbocycles. The summed E-state index contributed by atoms with van der Waals surface area (Å²) < 4.78 is 49.3. The first kappa shape index (κ1) is 15.6. The van der Waals surface area contributed by atoms with Crippen molar-refractivity contribution in [2.45, 2.75) is 31.9 Å². The van der Waals surface area contributed by atoms with Gasteiger partial charge in [0.1, 0.15) is 0 Å². The van der Waals surface area contributed by atoms with Gasteiger partial charge in [0.15, 0.2) is 5.79 Å². The van der Waals surface area contributed by atoms with Gasteiger partial charge < -0.3 is 14.8 Å². The number of alkyl halides is 3. The molecule has 1 fully saturated rings. The van der Waals surface area contributed by atoms with E-state index >= 15 is 0 Å². The van der Waals surface area contributed by atoms with E-state index in [4.69, 9.17) is 9.47 Å². The highest BCUT2D eigenvalue weighted by Crippen LogP contribution is 2.36. The van der Waals surface area contributed by atoms with Crippen molar-refractivity contribution in [3.63, 3.8) is 0 Å². The molecule has 1 heterocycles. The van der Waals surface area contributed by atoms with Crippen LogP contribution in [0.15, 0.2) is 22.7 Å². The minimum Gasteiger partial charge on any atom is -0.378 e. The minimum atomic E-state index is -4.39. The van der Waals surface area contributed by atoms with Crippen LogP contribution in [0.2, 0.25) is 0 Å². The molecule has 0 saturated carbocycles. The molecule has 0 radical (unpaired) electrons. The molecule has 0 aromatic heterocycles. The van der Waals surface area contributed by atoms with Crippen LogP contribution in [0.4, 0.5) is 18.9 Å². The van der Waals surface area contributed by atoms with Gasteiger partial charge in [-0.1, -0.05) is 15.9 Å². The number of ether oxygens (including phenoxy) is 2. The molecule has 2 rings (SSSR count). The Balaban J connectivity index is 2.08. The first-order valence-electron chi connectivity index (χ1n) is 6.08. The second-order valence-electron chi connectivity index (χ2n) is 5.06. The number of hydrogen-bond acceptors (Lipinski definition) is 3. The fraction of sp³-hybridized carbons (Fsp3) is 0.538. The number of benzene rings is 1. The SMILES string of the molecule is CC1(C)OCC(Nc2ccc(Br)c(C(F)(F)F)c2)CO1. The van der Waals surface area contributed by atoms with Crippen LogP contribution in [-0.2, 0) is 15.7 Å². The molecule has 1 aliphatic rings. The molecular weight excluding hydrogens is 339 g/mol. The number of rotatable bonds is 2. The van der Waals surface area contributed by atoms with Gasteiger partial charge in [0, 0.05) is 10.2 Å². The Morgan fingerprint density at radius 2 is 1.85 bits per heavy atom. The van der Waals surface area contributed by atoms with Crippen LogP contribution in [0.3, 0.4) is 0 Å². The van der Waals surface area contributed by atoms with Gasteiger partial charge in [-0.05, 0) is 32.0 Å². The van der Waals surface area contributed by atoms with Gasteiger partial charge in [-0.15, -0.1) is 0 Å². The zero-order valence-electron chi connectivity index (χ0n) is 11.1. The smallest absolute Gasteiger partial charge is 0.378 e. The average Bonchev–Trinajstić information content (AvgIpc) is 2.33. The molecule has 3 nitrogen and oxygen atoms in total. The van der Waals surface area contributed by atoms with E-state index in [1.807, 2.05) is 0 Å². The maximum Gasteiger partial charge on any atom is 0.417 e. The zero-order valence-corrected chi connectivity index (χ0v) is 12.6. The summed E-state index contributed by atoms with van der Waals surface area (Å²) >= 11 is 2.91. The average molecular weight is 354 g/mol. The summed E-state index contributed by atoms with van der Waals surface area (Å²) in [5.41, 5.74) is -0.321. The summed E-state index contributed by atoms with van der Waals surface area (Å²) in [4.78, 5) is 0. The van der Waals surface area contributed by atoms with Gasteiger partial charge in [-0.2, -0.15) is 13.2 Å². The van der Waals surface area contributed by atoms with Gasteiger partial charge in [-0.25, -0.2) is 0 Å². The Morgan fingerprint density at radius 3 is 2.40 bits per heavy atom. The van der Waals surface area contributed by atoms with Gasteiger partial charge in [-0.3, -0.25) is 0 Å². The minimum absolute atomic E-state index is 0.0211. The molecule has 1 aromatic carbocycles. The van der Waals surface area contributed by atoms with Crippen LogP contribution in [-0.4, -0.2) is 25.0 Å². The monoisotopic (exact) mass is 353 g/mol. The van der Waals surface area contributed by atoms with Crippen molar-refractivity contribution in [2.75, 3.05) is 18.5 Å². The number of anilines is 1. The summed E-state index contributed by atoms with van der Waals surface area (Å²) in [6.07, 6.45) is -4.39. The summed E-state index contributed by atoms with van der Waals surface area (Å²) in [5.74, 6) is -0.644. The van der Waals surface area contributed by atoms with Gasteiger partial charge in [0.05, 0.1) is 24.8 Å². The lowest BCUT2D eigenvalue weighted by atomic mass is 10.1. The summed E-state index contributed by atoms with van der Waals surface area (Å²) in [6.45, 7) is 4.35. The number of hydrogen-bond donors (Lipinski definition) is 1. The Kier molecular flexibility index (Phi) is 4.32. The van der Waals surface area contributed by atoms with E-state index in [1.165, 1.54) is 6.07 Å². The van der Waals surface area contributed by atoms with E-state index < -0.39 is 17.5 Å². The molecule has 0 bridgehead atoms. The molecule has 1 aromatic rings. The molecule has 1 saturated heterocycles. The molecule has 0 unspecified atom stereocenters. The Bertz CT molecular complexity index is 481. The van der Waals surface area contributed by atoms with Crippen LogP contribution in [0, 0.1) is 0 Å². The van der Waals surface area contributed by atoms with Crippen LogP contribution in [0.25, 0.3) is 0 Å². The first-order chi connectivity index (χ1) is 9.17. The zero-order chi connectivity index (χ0) is 15.0. The third-order valence-corrected chi connectivity index (χ3v) is 3.60.